The fourth-order valence-corrected chi connectivity index (χ4v) is 0.845. The molecule has 0 unspecified atom stereocenters. The molecule has 0 saturated carbocycles. The predicted octanol–water partition coefficient (Wildman–Crippen LogP) is 2.55. The van der Waals surface area contributed by atoms with Crippen LogP contribution < -0.4 is 10.5 Å². The molecule has 0 atom stereocenters. The zero-order chi connectivity index (χ0) is 11.6. The number of nitrogens with zero attached hydrogens (tertiary/aromatic N) is 1. The third-order valence-electron chi connectivity index (χ3n) is 1.35. The molecular weight excluding hydrogens is 240 g/mol. The maximum absolute atomic E-state index is 12.4. The quantitative estimate of drug-likeness (QED) is 0.832. The van der Waals surface area contributed by atoms with Crippen molar-refractivity contribution >= 4 is 17.4 Å². The van der Waals surface area contributed by atoms with Gasteiger partial charge in [0.15, 0.2) is 0 Å². The van der Waals surface area contributed by atoms with Gasteiger partial charge in [0.2, 0.25) is 0 Å². The molecule has 3 nitrogen and oxygen atoms in total. The highest BCUT2D eigenvalue weighted by molar-refractivity contribution is 6.32. The van der Waals surface area contributed by atoms with E-state index >= 15 is 0 Å². The van der Waals surface area contributed by atoms with Crippen LogP contribution in [0.2, 0.25) is 5.02 Å². The van der Waals surface area contributed by atoms with E-state index in [0.29, 0.717) is 0 Å². The number of halogens is 5. The van der Waals surface area contributed by atoms with Gasteiger partial charge in [-0.25, -0.2) is 4.98 Å². The van der Waals surface area contributed by atoms with Gasteiger partial charge in [-0.1, -0.05) is 11.6 Å². The van der Waals surface area contributed by atoms with Crippen molar-refractivity contribution in [3.63, 3.8) is 0 Å². The first-order valence-electron chi connectivity index (χ1n) is 3.59. The molecule has 84 valence electrons. The van der Waals surface area contributed by atoms with Gasteiger partial charge in [0.25, 0.3) is 0 Å². The first-order chi connectivity index (χ1) is 6.83. The molecule has 0 saturated heterocycles. The normalized spacial score (nSPS) is 11.9. The Morgan fingerprint density at radius 2 is 2.07 bits per heavy atom. The van der Waals surface area contributed by atoms with Gasteiger partial charge < -0.3 is 10.5 Å². The minimum Gasteiger partial charge on any atom is -0.427 e. The number of alkyl halides is 4. The van der Waals surface area contributed by atoms with Crippen LogP contribution in [0.1, 0.15) is 0 Å². The summed E-state index contributed by atoms with van der Waals surface area (Å²) >= 11 is 5.42. The van der Waals surface area contributed by atoms with Gasteiger partial charge in [0.1, 0.15) is 11.6 Å². The summed E-state index contributed by atoms with van der Waals surface area (Å²) in [5.74, 6) is -0.691. The van der Waals surface area contributed by atoms with E-state index in [1.54, 1.807) is 0 Å². The lowest BCUT2D eigenvalue weighted by Gasteiger charge is -2.16. The lowest BCUT2D eigenvalue weighted by Crippen LogP contribution is -2.33. The number of hydrogen-bond donors (Lipinski definition) is 1. The van der Waals surface area contributed by atoms with Crippen LogP contribution in [0, 0.1) is 0 Å². The van der Waals surface area contributed by atoms with Gasteiger partial charge >= 0.3 is 12.5 Å². The molecule has 1 rings (SSSR count). The van der Waals surface area contributed by atoms with E-state index in [1.807, 2.05) is 0 Å². The van der Waals surface area contributed by atoms with Gasteiger partial charge in [-0.15, -0.1) is 0 Å². The maximum Gasteiger partial charge on any atom is 0.461 e. The summed E-state index contributed by atoms with van der Waals surface area (Å²) in [5, 5.41) is -0.155. The lowest BCUT2D eigenvalue weighted by atomic mass is 10.4. The summed E-state index contributed by atoms with van der Waals surface area (Å²) in [7, 11) is 0. The molecule has 0 amide bonds. The first kappa shape index (κ1) is 11.8. The smallest absolute Gasteiger partial charge is 0.427 e. The molecule has 0 aliphatic heterocycles. The molecule has 0 aromatic carbocycles. The minimum atomic E-state index is -4.58. The Bertz CT molecular complexity index is 361. The van der Waals surface area contributed by atoms with Crippen molar-refractivity contribution in [1.29, 1.82) is 0 Å². The van der Waals surface area contributed by atoms with E-state index in [0.717, 1.165) is 12.3 Å². The number of nitrogen functional groups attached to an aromatic ring is 1. The average Bonchev–Trinajstić information content (AvgIpc) is 2.10. The molecule has 15 heavy (non-hydrogen) atoms. The fourth-order valence-electron chi connectivity index (χ4n) is 0.688. The number of hydrogen-bond acceptors (Lipinski definition) is 3. The number of pyridine rings is 1. The molecule has 0 aliphatic carbocycles. The van der Waals surface area contributed by atoms with E-state index in [9.17, 15) is 17.6 Å². The van der Waals surface area contributed by atoms with Crippen molar-refractivity contribution in [2.24, 2.45) is 0 Å². The molecular formula is C7H5ClF4N2O. The molecule has 2 N–H and O–H groups in total. The summed E-state index contributed by atoms with van der Waals surface area (Å²) in [6.45, 7) is 0. The Morgan fingerprint density at radius 3 is 2.53 bits per heavy atom. The van der Waals surface area contributed by atoms with Crippen LogP contribution >= 0.6 is 11.6 Å². The average molecular weight is 245 g/mol. The SMILES string of the molecule is Nc1ncc(OC(F)(F)C(F)F)cc1Cl. The zero-order valence-electron chi connectivity index (χ0n) is 7.05. The van der Waals surface area contributed by atoms with E-state index in [-0.39, 0.29) is 10.8 Å². The zero-order valence-corrected chi connectivity index (χ0v) is 7.81. The fraction of sp³-hybridized carbons (Fsp3) is 0.286. The Labute approximate surface area is 86.8 Å². The molecule has 8 heteroatoms. The van der Waals surface area contributed by atoms with Crippen LogP contribution in [0.25, 0.3) is 0 Å². The Morgan fingerprint density at radius 1 is 1.47 bits per heavy atom. The monoisotopic (exact) mass is 244 g/mol. The largest absolute Gasteiger partial charge is 0.461 e. The number of nitrogens with two attached hydrogens (primary N) is 1. The molecule has 1 heterocycles. The Kier molecular flexibility index (Phi) is 3.23. The van der Waals surface area contributed by atoms with Gasteiger partial charge in [-0.2, -0.15) is 17.6 Å². The lowest BCUT2D eigenvalue weighted by molar-refractivity contribution is -0.253. The first-order valence-corrected chi connectivity index (χ1v) is 3.96. The molecule has 1 aromatic heterocycles. The van der Waals surface area contributed by atoms with E-state index in [2.05, 4.69) is 9.72 Å². The van der Waals surface area contributed by atoms with Gasteiger partial charge in [-0.3, -0.25) is 0 Å². The van der Waals surface area contributed by atoms with Gasteiger partial charge in [0, 0.05) is 6.07 Å². The number of anilines is 1. The number of ether oxygens (including phenoxy) is 1. The number of aromatic nitrogens is 1. The van der Waals surface area contributed by atoms with Crippen LogP contribution in [0.3, 0.4) is 0 Å². The highest BCUT2D eigenvalue weighted by atomic mass is 35.5. The molecule has 0 fully saturated rings. The summed E-state index contributed by atoms with van der Waals surface area (Å²) < 4.78 is 51.9. The molecule has 0 aliphatic rings. The van der Waals surface area contributed by atoms with Crippen LogP contribution in [0.5, 0.6) is 5.75 Å². The van der Waals surface area contributed by atoms with Crippen LogP contribution in [0.15, 0.2) is 12.3 Å². The summed E-state index contributed by atoms with van der Waals surface area (Å²) in [6.07, 6.45) is -7.74. The number of rotatable bonds is 3. The second kappa shape index (κ2) is 4.09. The van der Waals surface area contributed by atoms with Crippen molar-refractivity contribution in [2.75, 3.05) is 5.73 Å². The highest BCUT2D eigenvalue weighted by Gasteiger charge is 2.44. The van der Waals surface area contributed by atoms with Crippen molar-refractivity contribution in [2.45, 2.75) is 12.5 Å². The van der Waals surface area contributed by atoms with E-state index in [1.165, 1.54) is 0 Å². The molecule has 0 radical (unpaired) electrons. The highest BCUT2D eigenvalue weighted by Crippen LogP contribution is 2.29. The van der Waals surface area contributed by atoms with Crippen molar-refractivity contribution < 1.29 is 22.3 Å². The standard InChI is InChI=1S/C7H5ClF4N2O/c8-4-1-3(2-14-5(4)13)15-7(11,12)6(9)10/h1-2,6H,(H2,13,14). The second-order valence-corrected chi connectivity index (χ2v) is 2.91. The Balaban J connectivity index is 2.86. The van der Waals surface area contributed by atoms with Crippen molar-refractivity contribution in [3.05, 3.63) is 17.3 Å². The maximum atomic E-state index is 12.4. The summed E-state index contributed by atoms with van der Waals surface area (Å²) in [4.78, 5) is 3.36. The Hall–Kier alpha value is -1.24. The third kappa shape index (κ3) is 2.85. The van der Waals surface area contributed by atoms with Crippen LogP contribution in [-0.2, 0) is 0 Å². The van der Waals surface area contributed by atoms with E-state index in [4.69, 9.17) is 17.3 Å². The minimum absolute atomic E-state index is 0.107. The second-order valence-electron chi connectivity index (χ2n) is 2.50. The van der Waals surface area contributed by atoms with Crippen molar-refractivity contribution in [1.82, 2.24) is 4.98 Å². The molecule has 0 spiro atoms. The van der Waals surface area contributed by atoms with Gasteiger partial charge in [-0.05, 0) is 0 Å². The molecule has 1 aromatic rings. The van der Waals surface area contributed by atoms with E-state index < -0.39 is 18.3 Å². The summed E-state index contributed by atoms with van der Waals surface area (Å²) in [5.41, 5.74) is 5.18. The topological polar surface area (TPSA) is 48.1 Å². The van der Waals surface area contributed by atoms with Crippen LogP contribution in [-0.4, -0.2) is 17.5 Å². The van der Waals surface area contributed by atoms with Gasteiger partial charge in [0.05, 0.1) is 11.2 Å². The summed E-state index contributed by atoms with van der Waals surface area (Å²) in [6, 6.07) is 0.875. The van der Waals surface area contributed by atoms with Crippen molar-refractivity contribution in [3.8, 4) is 5.75 Å². The third-order valence-corrected chi connectivity index (χ3v) is 1.66. The predicted molar refractivity (Wildman–Crippen MR) is 45.2 cm³/mol. The van der Waals surface area contributed by atoms with Crippen LogP contribution in [0.4, 0.5) is 23.4 Å². The molecule has 0 bridgehead atoms.